The number of carboxylic acid groups (broad SMARTS) is 1. The zero-order valence-electron chi connectivity index (χ0n) is 10.6. The summed E-state index contributed by atoms with van der Waals surface area (Å²) in [6.07, 6.45) is 0.398. The molecule has 0 fully saturated rings. The first-order chi connectivity index (χ1) is 8.44. The van der Waals surface area contributed by atoms with E-state index in [-0.39, 0.29) is 6.79 Å². The molecule has 0 aromatic heterocycles. The number of fused-ring (bicyclic) bond motifs is 1. The number of hydrogen-bond acceptors (Lipinski definition) is 4. The molecular weight excluding hydrogens is 236 g/mol. The smallest absolute Gasteiger partial charge is 0.309 e. The van der Waals surface area contributed by atoms with Gasteiger partial charge in [-0.25, -0.2) is 0 Å². The molecule has 1 heterocycles. The van der Waals surface area contributed by atoms with Crippen LogP contribution in [0.4, 0.5) is 0 Å². The normalized spacial score (nSPS) is 13.5. The number of carboxylic acids is 1. The molecule has 1 N–H and O–H groups in total. The van der Waals surface area contributed by atoms with E-state index in [0.717, 1.165) is 5.56 Å². The lowest BCUT2D eigenvalue weighted by Gasteiger charge is -2.19. The number of methoxy groups -OCH3 is 1. The van der Waals surface area contributed by atoms with Gasteiger partial charge >= 0.3 is 5.97 Å². The molecule has 0 saturated heterocycles. The summed E-state index contributed by atoms with van der Waals surface area (Å²) in [7, 11) is 1.55. The minimum Gasteiger partial charge on any atom is -0.493 e. The predicted octanol–water partition coefficient (Wildman–Crippen LogP) is 2.08. The van der Waals surface area contributed by atoms with E-state index in [4.69, 9.17) is 19.3 Å². The first-order valence-electron chi connectivity index (χ1n) is 5.64. The molecule has 0 spiro atoms. The van der Waals surface area contributed by atoms with E-state index in [1.807, 2.05) is 0 Å². The van der Waals surface area contributed by atoms with Crippen molar-refractivity contribution in [1.29, 1.82) is 0 Å². The molecule has 5 heteroatoms. The maximum Gasteiger partial charge on any atom is 0.309 e. The summed E-state index contributed by atoms with van der Waals surface area (Å²) in [6, 6.07) is 3.59. The third kappa shape index (κ3) is 2.20. The number of hydrogen-bond donors (Lipinski definition) is 1. The average Bonchev–Trinajstić information content (AvgIpc) is 2.75. The predicted molar refractivity (Wildman–Crippen MR) is 64.2 cm³/mol. The van der Waals surface area contributed by atoms with Crippen molar-refractivity contribution in [2.45, 2.75) is 20.3 Å². The molecule has 0 radical (unpaired) electrons. The Morgan fingerprint density at radius 2 is 2.17 bits per heavy atom. The van der Waals surface area contributed by atoms with Crippen molar-refractivity contribution < 1.29 is 24.1 Å². The number of carbonyl (C=O) groups is 1. The van der Waals surface area contributed by atoms with Crippen molar-refractivity contribution in [3.05, 3.63) is 17.7 Å². The SMILES string of the molecule is COc1cc(CC(C)(C)C(=O)O)cc2c1OCO2. The Labute approximate surface area is 105 Å². The third-order valence-corrected chi connectivity index (χ3v) is 2.94. The van der Waals surface area contributed by atoms with E-state index >= 15 is 0 Å². The van der Waals surface area contributed by atoms with Gasteiger partial charge in [-0.2, -0.15) is 0 Å². The summed E-state index contributed by atoms with van der Waals surface area (Å²) in [5, 5.41) is 9.14. The molecule has 0 unspecified atom stereocenters. The summed E-state index contributed by atoms with van der Waals surface area (Å²) < 4.78 is 15.8. The van der Waals surface area contributed by atoms with Gasteiger partial charge in [-0.1, -0.05) is 0 Å². The first-order valence-corrected chi connectivity index (χ1v) is 5.64. The van der Waals surface area contributed by atoms with Crippen LogP contribution in [0.5, 0.6) is 17.2 Å². The first kappa shape index (κ1) is 12.5. The Kier molecular flexibility index (Phi) is 3.07. The Balaban J connectivity index is 2.33. The lowest BCUT2D eigenvalue weighted by atomic mass is 9.86. The van der Waals surface area contributed by atoms with Crippen molar-refractivity contribution in [2.24, 2.45) is 5.41 Å². The van der Waals surface area contributed by atoms with Crippen LogP contribution in [0.1, 0.15) is 19.4 Å². The van der Waals surface area contributed by atoms with E-state index in [1.54, 1.807) is 33.1 Å². The van der Waals surface area contributed by atoms with E-state index in [1.165, 1.54) is 0 Å². The highest BCUT2D eigenvalue weighted by molar-refractivity contribution is 5.74. The highest BCUT2D eigenvalue weighted by Gasteiger charge is 2.29. The van der Waals surface area contributed by atoms with Crippen LogP contribution in [0.2, 0.25) is 0 Å². The largest absolute Gasteiger partial charge is 0.493 e. The number of rotatable bonds is 4. The van der Waals surface area contributed by atoms with Crippen molar-refractivity contribution in [3.63, 3.8) is 0 Å². The summed E-state index contributed by atoms with van der Waals surface area (Å²) >= 11 is 0. The second kappa shape index (κ2) is 4.40. The van der Waals surface area contributed by atoms with Crippen molar-refractivity contribution in [2.75, 3.05) is 13.9 Å². The molecule has 18 heavy (non-hydrogen) atoms. The Morgan fingerprint density at radius 1 is 1.44 bits per heavy atom. The fourth-order valence-electron chi connectivity index (χ4n) is 1.87. The number of benzene rings is 1. The summed E-state index contributed by atoms with van der Waals surface area (Å²) in [5.41, 5.74) is 0.0158. The van der Waals surface area contributed by atoms with Crippen LogP contribution >= 0.6 is 0 Å². The van der Waals surface area contributed by atoms with Crippen LogP contribution in [0.3, 0.4) is 0 Å². The van der Waals surface area contributed by atoms with Crippen LogP contribution in [0.15, 0.2) is 12.1 Å². The number of ether oxygens (including phenoxy) is 3. The van der Waals surface area contributed by atoms with Gasteiger partial charge in [0, 0.05) is 0 Å². The van der Waals surface area contributed by atoms with Gasteiger partial charge in [-0.3, -0.25) is 4.79 Å². The van der Waals surface area contributed by atoms with Crippen LogP contribution in [-0.4, -0.2) is 25.0 Å². The molecule has 1 aromatic rings. The van der Waals surface area contributed by atoms with Crippen LogP contribution in [0, 0.1) is 5.41 Å². The van der Waals surface area contributed by atoms with Crippen LogP contribution < -0.4 is 14.2 Å². The summed E-state index contributed by atoms with van der Waals surface area (Å²) in [4.78, 5) is 11.1. The number of aliphatic carboxylic acids is 1. The third-order valence-electron chi connectivity index (χ3n) is 2.94. The standard InChI is InChI=1S/C13H16O5/c1-13(2,12(14)15)6-8-4-9(16-3)11-10(5-8)17-7-18-11/h4-5H,6-7H2,1-3H3,(H,14,15). The molecule has 5 nitrogen and oxygen atoms in total. The molecule has 2 rings (SSSR count). The lowest BCUT2D eigenvalue weighted by molar-refractivity contribution is -0.146. The maximum atomic E-state index is 11.1. The van der Waals surface area contributed by atoms with Gasteiger partial charge in [0.2, 0.25) is 12.5 Å². The maximum absolute atomic E-state index is 11.1. The lowest BCUT2D eigenvalue weighted by Crippen LogP contribution is -2.26. The van der Waals surface area contributed by atoms with E-state index in [0.29, 0.717) is 23.7 Å². The van der Waals surface area contributed by atoms with Gasteiger partial charge in [0.1, 0.15) is 0 Å². The molecule has 0 saturated carbocycles. The van der Waals surface area contributed by atoms with Gasteiger partial charge in [0.25, 0.3) is 0 Å². The minimum atomic E-state index is -0.835. The quantitative estimate of drug-likeness (QED) is 0.888. The van der Waals surface area contributed by atoms with E-state index in [9.17, 15) is 4.79 Å². The Hall–Kier alpha value is -1.91. The molecule has 98 valence electrons. The molecule has 0 bridgehead atoms. The monoisotopic (exact) mass is 252 g/mol. The van der Waals surface area contributed by atoms with Gasteiger partial charge in [-0.05, 0) is 38.0 Å². The average molecular weight is 252 g/mol. The van der Waals surface area contributed by atoms with Gasteiger partial charge in [0.05, 0.1) is 12.5 Å². The molecular formula is C13H16O5. The Bertz CT molecular complexity index is 479. The molecule has 0 amide bonds. The van der Waals surface area contributed by atoms with E-state index in [2.05, 4.69) is 0 Å². The second-order valence-corrected chi connectivity index (χ2v) is 4.90. The molecule has 0 aliphatic carbocycles. The molecule has 1 aliphatic rings. The topological polar surface area (TPSA) is 65.0 Å². The highest BCUT2D eigenvalue weighted by Crippen LogP contribution is 2.42. The van der Waals surface area contributed by atoms with Gasteiger partial charge in [-0.15, -0.1) is 0 Å². The zero-order chi connectivity index (χ0) is 13.3. The summed E-state index contributed by atoms with van der Waals surface area (Å²) in [5.74, 6) is 0.917. The van der Waals surface area contributed by atoms with Crippen molar-refractivity contribution >= 4 is 5.97 Å². The van der Waals surface area contributed by atoms with Crippen LogP contribution in [0.25, 0.3) is 0 Å². The van der Waals surface area contributed by atoms with Gasteiger partial charge < -0.3 is 19.3 Å². The fraction of sp³-hybridized carbons (Fsp3) is 0.462. The van der Waals surface area contributed by atoms with Crippen LogP contribution in [-0.2, 0) is 11.2 Å². The second-order valence-electron chi connectivity index (χ2n) is 4.90. The molecule has 1 aliphatic heterocycles. The Morgan fingerprint density at radius 3 is 2.78 bits per heavy atom. The highest BCUT2D eigenvalue weighted by atomic mass is 16.7. The van der Waals surface area contributed by atoms with Crippen molar-refractivity contribution in [3.8, 4) is 17.2 Å². The molecule has 1 aromatic carbocycles. The van der Waals surface area contributed by atoms with Crippen molar-refractivity contribution in [1.82, 2.24) is 0 Å². The molecule has 0 atom stereocenters. The summed E-state index contributed by atoms with van der Waals surface area (Å²) in [6.45, 7) is 3.54. The fourth-order valence-corrected chi connectivity index (χ4v) is 1.87. The van der Waals surface area contributed by atoms with Gasteiger partial charge in [0.15, 0.2) is 11.5 Å². The zero-order valence-corrected chi connectivity index (χ0v) is 10.6. The van der Waals surface area contributed by atoms with E-state index < -0.39 is 11.4 Å². The minimum absolute atomic E-state index is 0.164.